The Morgan fingerprint density at radius 3 is 2.86 bits per heavy atom. The monoisotopic (exact) mass is 322 g/mol. The van der Waals surface area contributed by atoms with E-state index >= 15 is 0 Å². The number of carbonyl (C=O) groups excluding carboxylic acids is 1. The number of anilines is 1. The molecule has 1 unspecified atom stereocenters. The lowest BCUT2D eigenvalue weighted by atomic mass is 10.2. The first-order valence-electron chi connectivity index (χ1n) is 7.25. The van der Waals surface area contributed by atoms with Crippen molar-refractivity contribution in [3.05, 3.63) is 23.0 Å². The van der Waals surface area contributed by atoms with Gasteiger partial charge in [0.05, 0.1) is 11.7 Å². The highest BCUT2D eigenvalue weighted by molar-refractivity contribution is 7.13. The fraction of sp³-hybridized carbons (Fsp3) is 0.571. The number of hydrogen-bond acceptors (Lipinski definition) is 6. The summed E-state index contributed by atoms with van der Waals surface area (Å²) in [7, 11) is 1.95. The van der Waals surface area contributed by atoms with Crippen LogP contribution >= 0.6 is 11.3 Å². The van der Waals surface area contributed by atoms with Crippen LogP contribution in [0.15, 0.2) is 11.6 Å². The van der Waals surface area contributed by atoms with Gasteiger partial charge in [-0.1, -0.05) is 11.3 Å². The second-order valence-electron chi connectivity index (χ2n) is 5.39. The number of nitrogens with zero attached hydrogens (tertiary/aromatic N) is 5. The number of carbonyl (C=O) groups is 1. The third kappa shape index (κ3) is 4.35. The number of rotatable bonds is 7. The van der Waals surface area contributed by atoms with Crippen molar-refractivity contribution in [1.82, 2.24) is 24.9 Å². The van der Waals surface area contributed by atoms with Gasteiger partial charge in [0, 0.05) is 18.8 Å². The maximum Gasteiger partial charge on any atom is 0.243 e. The van der Waals surface area contributed by atoms with Crippen molar-refractivity contribution in [2.45, 2.75) is 39.8 Å². The summed E-state index contributed by atoms with van der Waals surface area (Å²) in [4.78, 5) is 14.1. The molecule has 2 heterocycles. The number of hydrogen-bond donors (Lipinski definition) is 1. The summed E-state index contributed by atoms with van der Waals surface area (Å²) in [6.45, 7) is 7.62. The van der Waals surface area contributed by atoms with Gasteiger partial charge in [-0.05, 0) is 40.3 Å². The van der Waals surface area contributed by atoms with Crippen LogP contribution in [0.5, 0.6) is 0 Å². The summed E-state index contributed by atoms with van der Waals surface area (Å²) in [5, 5.41) is 15.3. The third-order valence-corrected chi connectivity index (χ3v) is 4.22. The van der Waals surface area contributed by atoms with Gasteiger partial charge in [0.2, 0.25) is 11.0 Å². The normalized spacial score (nSPS) is 12.6. The lowest BCUT2D eigenvalue weighted by Gasteiger charge is -2.23. The van der Waals surface area contributed by atoms with E-state index in [9.17, 15) is 4.79 Å². The van der Waals surface area contributed by atoms with Gasteiger partial charge < -0.3 is 0 Å². The molecule has 22 heavy (non-hydrogen) atoms. The van der Waals surface area contributed by atoms with E-state index in [-0.39, 0.29) is 11.9 Å². The second-order valence-corrected chi connectivity index (χ2v) is 6.23. The van der Waals surface area contributed by atoms with Gasteiger partial charge in [-0.3, -0.25) is 19.7 Å². The molecule has 8 heteroatoms. The molecule has 0 aromatic carbocycles. The lowest BCUT2D eigenvalue weighted by molar-refractivity contribution is -0.120. The van der Waals surface area contributed by atoms with Gasteiger partial charge in [-0.15, -0.1) is 10.2 Å². The van der Waals surface area contributed by atoms with Crippen LogP contribution in [0.3, 0.4) is 0 Å². The molecule has 0 saturated carbocycles. The van der Waals surface area contributed by atoms with Gasteiger partial charge in [-0.2, -0.15) is 5.10 Å². The van der Waals surface area contributed by atoms with E-state index in [0.717, 1.165) is 25.2 Å². The van der Waals surface area contributed by atoms with Crippen LogP contribution in [-0.4, -0.2) is 50.4 Å². The Morgan fingerprint density at radius 1 is 1.50 bits per heavy atom. The zero-order chi connectivity index (χ0) is 16.1. The molecule has 2 aromatic heterocycles. The second kappa shape index (κ2) is 7.46. The summed E-state index contributed by atoms with van der Waals surface area (Å²) in [5.41, 5.74) is 3.80. The first-order valence-corrected chi connectivity index (χ1v) is 8.13. The fourth-order valence-corrected chi connectivity index (χ4v) is 2.65. The Hall–Kier alpha value is -1.80. The zero-order valence-corrected chi connectivity index (χ0v) is 14.2. The summed E-state index contributed by atoms with van der Waals surface area (Å²) in [6, 6.07) is 1.85. The van der Waals surface area contributed by atoms with E-state index in [2.05, 4.69) is 33.6 Å². The molecule has 0 aliphatic carbocycles. The average molecular weight is 322 g/mol. The van der Waals surface area contributed by atoms with Crippen molar-refractivity contribution in [2.24, 2.45) is 0 Å². The molecule has 0 bridgehead atoms. The first kappa shape index (κ1) is 16.6. The maximum absolute atomic E-state index is 12.1. The van der Waals surface area contributed by atoms with E-state index < -0.39 is 0 Å². The number of nitrogens with one attached hydrogen (secondary N) is 1. The molecule has 0 aliphatic rings. The van der Waals surface area contributed by atoms with Gasteiger partial charge in [0.25, 0.3) is 0 Å². The van der Waals surface area contributed by atoms with Crippen LogP contribution in [0.1, 0.15) is 24.7 Å². The topological polar surface area (TPSA) is 75.9 Å². The molecule has 0 fully saturated rings. The molecule has 0 spiro atoms. The van der Waals surface area contributed by atoms with Crippen LogP contribution in [0.2, 0.25) is 0 Å². The highest BCUT2D eigenvalue weighted by Crippen LogP contribution is 2.10. The highest BCUT2D eigenvalue weighted by atomic mass is 32.1. The Balaban J connectivity index is 1.77. The number of aryl methyl sites for hydroxylation is 3. The molecular formula is C14H22N6OS. The molecular weight excluding hydrogens is 300 g/mol. The Bertz CT molecular complexity index is 609. The quantitative estimate of drug-likeness (QED) is 0.839. The van der Waals surface area contributed by atoms with Gasteiger partial charge >= 0.3 is 0 Å². The van der Waals surface area contributed by atoms with Crippen LogP contribution in [0.25, 0.3) is 0 Å². The van der Waals surface area contributed by atoms with Crippen molar-refractivity contribution in [2.75, 3.05) is 18.9 Å². The highest BCUT2D eigenvalue weighted by Gasteiger charge is 2.18. The molecule has 0 saturated heterocycles. The summed E-state index contributed by atoms with van der Waals surface area (Å²) in [6.07, 6.45) is 0.939. The molecule has 0 radical (unpaired) electrons. The molecule has 120 valence electrons. The van der Waals surface area contributed by atoms with Crippen molar-refractivity contribution < 1.29 is 4.79 Å². The van der Waals surface area contributed by atoms with Gasteiger partial charge in [0.1, 0.15) is 5.51 Å². The minimum absolute atomic E-state index is 0.0645. The third-order valence-electron chi connectivity index (χ3n) is 3.61. The zero-order valence-electron chi connectivity index (χ0n) is 13.4. The number of aromatic nitrogens is 4. The SMILES string of the molecule is Cc1cc(C)n(CCCN(C)C(C)C(=O)Nc2nncs2)n1. The van der Waals surface area contributed by atoms with Crippen LogP contribution < -0.4 is 5.32 Å². The predicted octanol–water partition coefficient (Wildman–Crippen LogP) is 1.70. The standard InChI is InChI=1S/C14H22N6OS/c1-10-8-11(2)20(18-10)7-5-6-19(4)12(3)13(21)16-14-17-15-9-22-14/h8-9,12H,5-7H2,1-4H3,(H,16,17,21). The fourth-order valence-electron chi connectivity index (χ4n) is 2.20. The molecule has 1 N–H and O–H groups in total. The van der Waals surface area contributed by atoms with Crippen molar-refractivity contribution >= 4 is 22.4 Å². The van der Waals surface area contributed by atoms with Crippen LogP contribution in [0.4, 0.5) is 5.13 Å². The van der Waals surface area contributed by atoms with Crippen LogP contribution in [-0.2, 0) is 11.3 Å². The van der Waals surface area contributed by atoms with E-state index in [1.54, 1.807) is 5.51 Å². The van der Waals surface area contributed by atoms with Crippen molar-refractivity contribution in [3.63, 3.8) is 0 Å². The van der Waals surface area contributed by atoms with E-state index in [4.69, 9.17) is 0 Å². The largest absolute Gasteiger partial charge is 0.299 e. The summed E-state index contributed by atoms with van der Waals surface area (Å²) >= 11 is 1.32. The first-order chi connectivity index (χ1) is 10.5. The van der Waals surface area contributed by atoms with Gasteiger partial charge in [0.15, 0.2) is 0 Å². The Kier molecular flexibility index (Phi) is 5.62. The maximum atomic E-state index is 12.1. The van der Waals surface area contributed by atoms with Crippen LogP contribution in [0, 0.1) is 13.8 Å². The van der Waals surface area contributed by atoms with Gasteiger partial charge in [-0.25, -0.2) is 0 Å². The molecule has 2 aromatic rings. The molecule has 0 aliphatic heterocycles. The molecule has 2 rings (SSSR count). The molecule has 1 atom stereocenters. The van der Waals surface area contributed by atoms with E-state index in [0.29, 0.717) is 5.13 Å². The minimum Gasteiger partial charge on any atom is -0.299 e. The van der Waals surface area contributed by atoms with E-state index in [1.807, 2.05) is 30.5 Å². The smallest absolute Gasteiger partial charge is 0.243 e. The number of amides is 1. The Morgan fingerprint density at radius 2 is 2.27 bits per heavy atom. The summed E-state index contributed by atoms with van der Waals surface area (Å²) < 4.78 is 2.01. The van der Waals surface area contributed by atoms with Crippen molar-refractivity contribution in [3.8, 4) is 0 Å². The predicted molar refractivity (Wildman–Crippen MR) is 86.9 cm³/mol. The van der Waals surface area contributed by atoms with E-state index in [1.165, 1.54) is 17.0 Å². The summed E-state index contributed by atoms with van der Waals surface area (Å²) in [5.74, 6) is -0.0645. The molecule has 7 nitrogen and oxygen atoms in total. The Labute approximate surface area is 134 Å². The van der Waals surface area contributed by atoms with Crippen molar-refractivity contribution in [1.29, 1.82) is 0 Å². The molecule has 1 amide bonds. The minimum atomic E-state index is -0.218. The average Bonchev–Trinajstić information content (AvgIpc) is 3.08. The number of likely N-dealkylation sites (N-methyl/N-ethyl adjacent to an activating group) is 1. The lowest BCUT2D eigenvalue weighted by Crippen LogP contribution is -2.40.